The van der Waals surface area contributed by atoms with Crippen molar-refractivity contribution in [2.75, 3.05) is 12.9 Å². The fourth-order valence-corrected chi connectivity index (χ4v) is 2.66. The third-order valence-corrected chi connectivity index (χ3v) is 4.20. The Hall–Kier alpha value is -0.820. The molecule has 0 aliphatic rings. The van der Waals surface area contributed by atoms with E-state index in [9.17, 15) is 9.59 Å². The predicted octanol–water partition coefficient (Wildman–Crippen LogP) is 1.75. The average molecular weight is 335 g/mol. The molecule has 1 aromatic rings. The van der Waals surface area contributed by atoms with Crippen LogP contribution in [0, 0.1) is 0 Å². The third-order valence-electron chi connectivity index (χ3n) is 2.10. The Labute approximate surface area is 118 Å². The van der Waals surface area contributed by atoms with E-state index >= 15 is 0 Å². The molecule has 1 N–H and O–H groups in total. The van der Waals surface area contributed by atoms with Gasteiger partial charge in [0.25, 0.3) is 5.56 Å². The van der Waals surface area contributed by atoms with Crippen LogP contribution in [0.1, 0.15) is 19.0 Å². The fourth-order valence-electron chi connectivity index (χ4n) is 1.28. The molecule has 0 radical (unpaired) electrons. The summed E-state index contributed by atoms with van der Waals surface area (Å²) in [7, 11) is 1.34. The normalized spacial score (nSPS) is 12.2. The van der Waals surface area contributed by atoms with Gasteiger partial charge in [0, 0.05) is 17.5 Å². The molecule has 0 aliphatic heterocycles. The Bertz CT molecular complexity index is 464. The molecule has 1 heterocycles. The summed E-state index contributed by atoms with van der Waals surface area (Å²) in [4.78, 5) is 29.2. The molecule has 0 bridgehead atoms. The molecule has 0 spiro atoms. The summed E-state index contributed by atoms with van der Waals surface area (Å²) in [5.41, 5.74) is 0.605. The van der Waals surface area contributed by atoms with E-state index in [1.165, 1.54) is 24.9 Å². The van der Waals surface area contributed by atoms with Crippen LogP contribution in [-0.2, 0) is 16.0 Å². The molecule has 0 fully saturated rings. The van der Waals surface area contributed by atoms with Crippen molar-refractivity contribution in [1.29, 1.82) is 0 Å². The van der Waals surface area contributed by atoms with Gasteiger partial charge in [-0.2, -0.15) is 0 Å². The highest BCUT2D eigenvalue weighted by Crippen LogP contribution is 2.17. The van der Waals surface area contributed by atoms with Crippen molar-refractivity contribution in [3.8, 4) is 0 Å². The number of esters is 1. The molecule has 100 valence electrons. The lowest BCUT2D eigenvalue weighted by atomic mass is 10.2. The summed E-state index contributed by atoms with van der Waals surface area (Å²) in [5.74, 6) is 0.111. The molecule has 0 saturated carbocycles. The first-order valence-electron chi connectivity index (χ1n) is 5.51. The number of aryl methyl sites for hydroxylation is 1. The number of aromatic nitrogens is 2. The monoisotopic (exact) mass is 334 g/mol. The van der Waals surface area contributed by atoms with Crippen molar-refractivity contribution in [3.05, 3.63) is 22.1 Å². The number of hydrogen-bond acceptors (Lipinski definition) is 5. The van der Waals surface area contributed by atoms with Gasteiger partial charge in [-0.3, -0.25) is 9.59 Å². The first kappa shape index (κ1) is 15.2. The highest BCUT2D eigenvalue weighted by atomic mass is 79.9. The van der Waals surface area contributed by atoms with E-state index < -0.39 is 4.83 Å². The minimum atomic E-state index is -0.410. The molecule has 1 unspecified atom stereocenters. The van der Waals surface area contributed by atoms with Gasteiger partial charge < -0.3 is 9.72 Å². The molecule has 7 heteroatoms. The van der Waals surface area contributed by atoms with Crippen LogP contribution in [0.5, 0.6) is 0 Å². The molecular weight excluding hydrogens is 320 g/mol. The highest BCUT2D eigenvalue weighted by molar-refractivity contribution is 9.10. The van der Waals surface area contributed by atoms with Crippen molar-refractivity contribution in [1.82, 2.24) is 9.97 Å². The van der Waals surface area contributed by atoms with Gasteiger partial charge in [0.15, 0.2) is 5.16 Å². The van der Waals surface area contributed by atoms with Crippen LogP contribution in [0.25, 0.3) is 0 Å². The van der Waals surface area contributed by atoms with Crippen LogP contribution < -0.4 is 5.56 Å². The van der Waals surface area contributed by atoms with Gasteiger partial charge in [0.05, 0.1) is 7.11 Å². The number of hydrogen-bond donors (Lipinski definition) is 1. The zero-order valence-electron chi connectivity index (χ0n) is 10.2. The maximum atomic E-state index is 11.4. The maximum absolute atomic E-state index is 11.4. The molecule has 0 aliphatic carbocycles. The number of halogens is 1. The second-order valence-corrected chi connectivity index (χ2v) is 5.71. The highest BCUT2D eigenvalue weighted by Gasteiger charge is 2.16. The average Bonchev–Trinajstić information content (AvgIpc) is 2.34. The van der Waals surface area contributed by atoms with Gasteiger partial charge >= 0.3 is 5.97 Å². The van der Waals surface area contributed by atoms with Gasteiger partial charge in [0.2, 0.25) is 0 Å². The second-order valence-electron chi connectivity index (χ2n) is 3.59. The lowest BCUT2D eigenvalue weighted by Gasteiger charge is -2.07. The second kappa shape index (κ2) is 7.58. The first-order chi connectivity index (χ1) is 8.56. The molecular formula is C11H15BrN2O3S. The number of ether oxygens (including phenoxy) is 1. The number of nitrogens with zero attached hydrogens (tertiary/aromatic N) is 1. The number of nitrogens with one attached hydrogen (secondary N) is 1. The Balaban J connectivity index is 2.67. The summed E-state index contributed by atoms with van der Waals surface area (Å²) >= 11 is 4.53. The molecule has 1 atom stereocenters. The zero-order chi connectivity index (χ0) is 13.5. The summed E-state index contributed by atoms with van der Waals surface area (Å²) in [5, 5.41) is 0.527. The SMILES string of the molecule is CCCc1cc(=O)[nH]c(SCC(Br)C(=O)OC)n1. The fraction of sp³-hybridized carbons (Fsp3) is 0.545. The molecule has 1 rings (SSSR count). The lowest BCUT2D eigenvalue weighted by molar-refractivity contribution is -0.139. The van der Waals surface area contributed by atoms with Crippen molar-refractivity contribution >= 4 is 33.7 Å². The van der Waals surface area contributed by atoms with Gasteiger partial charge in [-0.1, -0.05) is 41.0 Å². The molecule has 1 aromatic heterocycles. The summed E-state index contributed by atoms with van der Waals surface area (Å²) in [6.07, 6.45) is 1.70. The quantitative estimate of drug-likeness (QED) is 0.371. The molecule has 18 heavy (non-hydrogen) atoms. The van der Waals surface area contributed by atoms with Crippen molar-refractivity contribution in [2.45, 2.75) is 29.7 Å². The van der Waals surface area contributed by atoms with Crippen molar-refractivity contribution in [3.63, 3.8) is 0 Å². The summed E-state index contributed by atoms with van der Waals surface area (Å²) < 4.78 is 4.59. The molecule has 5 nitrogen and oxygen atoms in total. The van der Waals surface area contributed by atoms with Gasteiger partial charge in [0.1, 0.15) is 4.83 Å². The van der Waals surface area contributed by atoms with Crippen LogP contribution in [0.3, 0.4) is 0 Å². The topological polar surface area (TPSA) is 72.0 Å². The van der Waals surface area contributed by atoms with Gasteiger partial charge in [-0.15, -0.1) is 0 Å². The zero-order valence-corrected chi connectivity index (χ0v) is 12.6. The number of thioether (sulfide) groups is 1. The maximum Gasteiger partial charge on any atom is 0.320 e. The number of H-pyrrole nitrogens is 1. The van der Waals surface area contributed by atoms with E-state index in [2.05, 4.69) is 30.6 Å². The minimum Gasteiger partial charge on any atom is -0.468 e. The number of carbonyl (C=O) groups is 1. The van der Waals surface area contributed by atoms with E-state index in [4.69, 9.17) is 0 Å². The number of rotatable bonds is 6. The van der Waals surface area contributed by atoms with E-state index in [1.54, 1.807) is 0 Å². The van der Waals surface area contributed by atoms with Gasteiger partial charge in [-0.25, -0.2) is 4.98 Å². The van der Waals surface area contributed by atoms with E-state index in [0.29, 0.717) is 10.9 Å². The van der Waals surface area contributed by atoms with Crippen LogP contribution in [0.4, 0.5) is 0 Å². The van der Waals surface area contributed by atoms with Crippen LogP contribution in [0.15, 0.2) is 16.0 Å². The van der Waals surface area contributed by atoms with Crippen LogP contribution >= 0.6 is 27.7 Å². The van der Waals surface area contributed by atoms with Crippen molar-refractivity contribution < 1.29 is 9.53 Å². The Morgan fingerprint density at radius 2 is 2.39 bits per heavy atom. The van der Waals surface area contributed by atoms with E-state index in [-0.39, 0.29) is 11.5 Å². The lowest BCUT2D eigenvalue weighted by Crippen LogP contribution is -2.18. The van der Waals surface area contributed by atoms with E-state index in [0.717, 1.165) is 18.5 Å². The Morgan fingerprint density at radius 1 is 1.67 bits per heavy atom. The summed E-state index contributed by atoms with van der Waals surface area (Å²) in [6, 6.07) is 1.50. The first-order valence-corrected chi connectivity index (χ1v) is 7.42. The number of aromatic amines is 1. The van der Waals surface area contributed by atoms with Crippen molar-refractivity contribution in [2.24, 2.45) is 0 Å². The standard InChI is InChI=1S/C11H15BrN2O3S/c1-3-4-7-5-9(15)14-11(13-7)18-6-8(12)10(16)17-2/h5,8H,3-4,6H2,1-2H3,(H,13,14,15). The van der Waals surface area contributed by atoms with E-state index in [1.807, 2.05) is 6.92 Å². The summed E-state index contributed by atoms with van der Waals surface area (Å²) in [6.45, 7) is 2.03. The molecule has 0 aromatic carbocycles. The Morgan fingerprint density at radius 3 is 3.00 bits per heavy atom. The van der Waals surface area contributed by atoms with Crippen LogP contribution in [-0.4, -0.2) is 33.6 Å². The number of methoxy groups -OCH3 is 1. The third kappa shape index (κ3) is 4.81. The van der Waals surface area contributed by atoms with Crippen LogP contribution in [0.2, 0.25) is 0 Å². The van der Waals surface area contributed by atoms with Gasteiger partial charge in [-0.05, 0) is 6.42 Å². The Kier molecular flexibility index (Phi) is 6.42. The smallest absolute Gasteiger partial charge is 0.320 e. The number of alkyl halides is 1. The predicted molar refractivity (Wildman–Crippen MR) is 74.3 cm³/mol. The largest absolute Gasteiger partial charge is 0.468 e. The molecule has 0 saturated heterocycles. The minimum absolute atomic E-state index is 0.167. The number of carbonyl (C=O) groups excluding carboxylic acids is 1. The molecule has 0 amide bonds.